The number of fused-ring (bicyclic) bond motifs is 7. The molecule has 0 unspecified atom stereocenters. The van der Waals surface area contributed by atoms with E-state index in [0.29, 0.717) is 49.2 Å². The third kappa shape index (κ3) is 6.81. The molecule has 4 saturated heterocycles. The second kappa shape index (κ2) is 15.0. The van der Waals surface area contributed by atoms with Crippen LogP contribution in [-0.2, 0) is 27.3 Å². The summed E-state index contributed by atoms with van der Waals surface area (Å²) in [5, 5.41) is 3.52. The number of nitrogens with one attached hydrogen (secondary N) is 2. The van der Waals surface area contributed by atoms with E-state index in [0.717, 1.165) is 98.5 Å². The number of hydrogen-bond donors (Lipinski definition) is 2. The fourth-order valence-corrected chi connectivity index (χ4v) is 11.5. The van der Waals surface area contributed by atoms with Crippen LogP contribution in [0.4, 0.5) is 20.4 Å². The number of alkyl halides is 2. The maximum Gasteiger partial charge on any atom is 0.255 e. The Labute approximate surface area is 352 Å². The highest BCUT2D eigenvalue weighted by Gasteiger charge is 2.46. The molecule has 1 spiro atoms. The number of aromatic amines is 1. The highest BCUT2D eigenvalue weighted by molar-refractivity contribution is 6.06. The summed E-state index contributed by atoms with van der Waals surface area (Å²) in [6.45, 7) is 8.51. The standard InChI is InChI=1S/C45H51F2N9O5/c1-26-14-33-31-4-2-3-5-34(31)50-40(33)41(55(26)23-38(46)47)29-18-48-44(49-19-29)53-10-8-45(9-11-53)17-27(24-61-45)20-52-12-13-54-30(22-52)25-60-37-16-32-28(15-36(37)54)21-56(43(32)59)35-6-7-39(57)51-42(35)58/h2-5,15-16,18-19,26-27,30,35,38,41,50H,6-14,17,20-25H2,1H3,(H,51,57,58)/t26-,27+,30-,35+,41-/m0/s1. The number of anilines is 2. The number of carbonyl (C=O) groups excluding carboxylic acids is 3. The van der Waals surface area contributed by atoms with Crippen LogP contribution in [-0.4, -0.2) is 137 Å². The van der Waals surface area contributed by atoms with E-state index in [9.17, 15) is 23.2 Å². The van der Waals surface area contributed by atoms with Gasteiger partial charge in [-0.3, -0.25) is 29.5 Å². The van der Waals surface area contributed by atoms with Crippen LogP contribution in [0.15, 0.2) is 48.8 Å². The first-order valence-corrected chi connectivity index (χ1v) is 21.9. The van der Waals surface area contributed by atoms with Crippen molar-refractivity contribution in [2.24, 2.45) is 5.92 Å². The van der Waals surface area contributed by atoms with Crippen LogP contribution in [0.2, 0.25) is 0 Å². The van der Waals surface area contributed by atoms with Crippen molar-refractivity contribution in [2.45, 2.75) is 88.2 Å². The van der Waals surface area contributed by atoms with Crippen LogP contribution in [0.25, 0.3) is 10.9 Å². The number of aromatic nitrogens is 3. The number of rotatable bonds is 7. The number of ether oxygens (including phenoxy) is 2. The molecule has 11 rings (SSSR count). The Bertz CT molecular complexity index is 2390. The molecule has 320 valence electrons. The van der Waals surface area contributed by atoms with Crippen molar-refractivity contribution >= 4 is 40.3 Å². The monoisotopic (exact) mass is 835 g/mol. The van der Waals surface area contributed by atoms with Gasteiger partial charge in [0.15, 0.2) is 0 Å². The lowest BCUT2D eigenvalue weighted by atomic mass is 9.85. The molecule has 2 aromatic carbocycles. The Balaban J connectivity index is 0.702. The molecule has 2 aromatic heterocycles. The largest absolute Gasteiger partial charge is 0.489 e. The van der Waals surface area contributed by atoms with E-state index in [-0.39, 0.29) is 48.5 Å². The first kappa shape index (κ1) is 38.7. The third-order valence-corrected chi connectivity index (χ3v) is 14.5. The molecule has 61 heavy (non-hydrogen) atoms. The van der Waals surface area contributed by atoms with E-state index >= 15 is 0 Å². The van der Waals surface area contributed by atoms with E-state index in [2.05, 4.69) is 37.1 Å². The van der Waals surface area contributed by atoms with Crippen LogP contribution in [0, 0.1) is 5.92 Å². The molecule has 9 heterocycles. The summed E-state index contributed by atoms with van der Waals surface area (Å²) < 4.78 is 40.8. The van der Waals surface area contributed by atoms with E-state index in [1.54, 1.807) is 4.90 Å². The topological polar surface area (TPSA) is 139 Å². The van der Waals surface area contributed by atoms with Crippen molar-refractivity contribution in [3.63, 3.8) is 0 Å². The Kier molecular flexibility index (Phi) is 9.53. The van der Waals surface area contributed by atoms with Crippen molar-refractivity contribution in [1.29, 1.82) is 0 Å². The van der Waals surface area contributed by atoms with E-state index in [4.69, 9.17) is 19.4 Å². The summed E-state index contributed by atoms with van der Waals surface area (Å²) in [5.74, 6) is 0.907. The van der Waals surface area contributed by atoms with Gasteiger partial charge in [0.05, 0.1) is 36.5 Å². The normalized spacial score (nSPS) is 27.6. The van der Waals surface area contributed by atoms with Gasteiger partial charge in [-0.2, -0.15) is 0 Å². The highest BCUT2D eigenvalue weighted by atomic mass is 19.3. The zero-order valence-corrected chi connectivity index (χ0v) is 34.3. The summed E-state index contributed by atoms with van der Waals surface area (Å²) in [7, 11) is 0. The van der Waals surface area contributed by atoms with Crippen LogP contribution in [0.1, 0.15) is 77.8 Å². The molecule has 2 N–H and O–H groups in total. The number of para-hydroxylation sites is 1. The van der Waals surface area contributed by atoms with Gasteiger partial charge in [-0.15, -0.1) is 0 Å². The quantitative estimate of drug-likeness (QED) is 0.258. The molecule has 0 radical (unpaired) electrons. The molecule has 0 bridgehead atoms. The molecule has 3 amide bonds. The SMILES string of the molecule is C[C@H]1Cc2c([nH]c3ccccc23)[C@H](c2cnc(N3CCC4(CC3)C[C@H](CN3CCN5c6cc7c(cc6OC[C@@H]5C3)C(=O)N([C@@H]3CCC(=O)NC3=O)C7)CO4)nc2)N1CC(F)F. The molecule has 16 heteroatoms. The summed E-state index contributed by atoms with van der Waals surface area (Å²) in [5.41, 5.74) is 6.26. The fourth-order valence-electron chi connectivity index (χ4n) is 11.5. The number of piperidine rings is 2. The predicted octanol–water partition coefficient (Wildman–Crippen LogP) is 4.28. The summed E-state index contributed by atoms with van der Waals surface area (Å²) in [6.07, 6.45) is 5.26. The van der Waals surface area contributed by atoms with Gasteiger partial charge in [0, 0.05) is 98.4 Å². The predicted molar refractivity (Wildman–Crippen MR) is 222 cm³/mol. The van der Waals surface area contributed by atoms with Gasteiger partial charge in [-0.1, -0.05) is 18.2 Å². The van der Waals surface area contributed by atoms with Gasteiger partial charge >= 0.3 is 0 Å². The molecule has 7 aliphatic rings. The van der Waals surface area contributed by atoms with Gasteiger partial charge in [0.25, 0.3) is 12.3 Å². The van der Waals surface area contributed by atoms with Gasteiger partial charge in [0.2, 0.25) is 17.8 Å². The van der Waals surface area contributed by atoms with Gasteiger partial charge in [0.1, 0.15) is 18.4 Å². The van der Waals surface area contributed by atoms with Crippen LogP contribution in [0.5, 0.6) is 5.75 Å². The van der Waals surface area contributed by atoms with E-state index in [1.165, 1.54) is 5.56 Å². The van der Waals surface area contributed by atoms with Crippen LogP contribution in [0.3, 0.4) is 0 Å². The molecule has 14 nitrogen and oxygen atoms in total. The first-order valence-electron chi connectivity index (χ1n) is 21.9. The molecule has 4 aromatic rings. The average molecular weight is 836 g/mol. The second-order valence-electron chi connectivity index (χ2n) is 18.3. The van der Waals surface area contributed by atoms with Crippen molar-refractivity contribution in [3.8, 4) is 5.75 Å². The van der Waals surface area contributed by atoms with Crippen molar-refractivity contribution < 1.29 is 32.6 Å². The Morgan fingerprint density at radius 2 is 1.82 bits per heavy atom. The third-order valence-electron chi connectivity index (χ3n) is 14.5. The minimum Gasteiger partial charge on any atom is -0.489 e. The number of hydrogen-bond acceptors (Lipinski definition) is 11. The number of halogens is 2. The lowest BCUT2D eigenvalue weighted by molar-refractivity contribution is -0.136. The fraction of sp³-hybridized carbons (Fsp3) is 0.533. The van der Waals surface area contributed by atoms with Crippen molar-refractivity contribution in [3.05, 3.63) is 76.7 Å². The number of imide groups is 1. The maximum absolute atomic E-state index is 13.9. The number of amides is 3. The lowest BCUT2D eigenvalue weighted by Crippen LogP contribution is -2.58. The minimum absolute atomic E-state index is 0.0690. The summed E-state index contributed by atoms with van der Waals surface area (Å²) in [6, 6.07) is 11.1. The van der Waals surface area contributed by atoms with Crippen LogP contribution >= 0.6 is 0 Å². The minimum atomic E-state index is -2.45. The van der Waals surface area contributed by atoms with E-state index < -0.39 is 18.4 Å². The number of carbonyl (C=O) groups is 3. The molecule has 7 aliphatic heterocycles. The number of H-pyrrole nitrogens is 1. The Morgan fingerprint density at radius 3 is 2.62 bits per heavy atom. The maximum atomic E-state index is 13.9. The average Bonchev–Trinajstić information content (AvgIpc) is 3.93. The molecular weight excluding hydrogens is 785 g/mol. The van der Waals surface area contributed by atoms with Gasteiger partial charge < -0.3 is 29.2 Å². The van der Waals surface area contributed by atoms with Gasteiger partial charge in [-0.05, 0) is 74.3 Å². The molecule has 5 atom stereocenters. The van der Waals surface area contributed by atoms with Crippen LogP contribution < -0.4 is 19.9 Å². The second-order valence-corrected chi connectivity index (χ2v) is 18.3. The molecular formula is C45H51F2N9O5. The first-order chi connectivity index (χ1) is 29.6. The van der Waals surface area contributed by atoms with Crippen molar-refractivity contribution in [2.75, 3.05) is 68.8 Å². The number of benzene rings is 2. The van der Waals surface area contributed by atoms with E-state index in [1.807, 2.05) is 48.5 Å². The number of nitrogens with zero attached hydrogens (tertiary/aromatic N) is 7. The summed E-state index contributed by atoms with van der Waals surface area (Å²) in [4.78, 5) is 61.6. The Hall–Kier alpha value is -5.19. The zero-order chi connectivity index (χ0) is 41.6. The number of piperazine rings is 1. The lowest BCUT2D eigenvalue weighted by Gasteiger charge is -2.46. The van der Waals surface area contributed by atoms with Crippen molar-refractivity contribution in [1.82, 2.24) is 35.0 Å². The molecule has 0 aliphatic carbocycles. The van der Waals surface area contributed by atoms with Gasteiger partial charge in [-0.25, -0.2) is 18.7 Å². The Morgan fingerprint density at radius 1 is 1.00 bits per heavy atom. The molecule has 0 saturated carbocycles. The molecule has 4 fully saturated rings. The smallest absolute Gasteiger partial charge is 0.255 e. The zero-order valence-electron chi connectivity index (χ0n) is 34.3. The highest BCUT2D eigenvalue weighted by Crippen LogP contribution is 2.44. The summed E-state index contributed by atoms with van der Waals surface area (Å²) >= 11 is 0.